The van der Waals surface area contributed by atoms with E-state index in [0.717, 1.165) is 45.5 Å². The molecule has 0 saturated heterocycles. The molecule has 6 rings (SSSR count). The summed E-state index contributed by atoms with van der Waals surface area (Å²) in [5, 5.41) is 11.6. The molecule has 0 aliphatic heterocycles. The average Bonchev–Trinajstić information content (AvgIpc) is 3.75. The Morgan fingerprint density at radius 1 is 0.969 bits per heavy atom. The van der Waals surface area contributed by atoms with Gasteiger partial charge in [0.05, 0.1) is 20.0 Å². The van der Waals surface area contributed by atoms with Crippen molar-refractivity contribution < 1.29 is 8.42 Å². The van der Waals surface area contributed by atoms with Gasteiger partial charge >= 0.3 is 0 Å². The number of thiazole rings is 1. The Bertz CT molecular complexity index is 1230. The molecule has 1 aromatic carbocycles. The number of hydrogen-bond acceptors (Lipinski definition) is 6. The van der Waals surface area contributed by atoms with Gasteiger partial charge in [-0.05, 0) is 50.7 Å². The fourth-order valence-corrected chi connectivity index (χ4v) is 7.78. The molecular formula is C24H28N4O2S2. The summed E-state index contributed by atoms with van der Waals surface area (Å²) >= 11 is 1.66. The summed E-state index contributed by atoms with van der Waals surface area (Å²) in [6.07, 6.45) is 12.0. The normalized spacial score (nSPS) is 19.9. The highest BCUT2D eigenvalue weighted by Crippen LogP contribution is 2.43. The number of sulfone groups is 1. The Morgan fingerprint density at radius 3 is 2.53 bits per heavy atom. The molecule has 0 bridgehead atoms. The zero-order valence-electron chi connectivity index (χ0n) is 18.0. The molecule has 2 N–H and O–H groups in total. The first kappa shape index (κ1) is 20.4. The fourth-order valence-electron chi connectivity index (χ4n) is 4.70. The lowest BCUT2D eigenvalue weighted by atomic mass is 9.90. The molecule has 0 amide bonds. The van der Waals surface area contributed by atoms with Gasteiger partial charge in [-0.2, -0.15) is 5.10 Å². The van der Waals surface area contributed by atoms with E-state index in [2.05, 4.69) is 15.5 Å². The van der Waals surface area contributed by atoms with Crippen LogP contribution in [0, 0.1) is 0 Å². The van der Waals surface area contributed by atoms with Crippen molar-refractivity contribution in [2.45, 2.75) is 79.8 Å². The van der Waals surface area contributed by atoms with E-state index < -0.39 is 9.84 Å². The highest BCUT2D eigenvalue weighted by atomic mass is 32.2. The molecule has 0 radical (unpaired) electrons. The second-order valence-electron chi connectivity index (χ2n) is 9.46. The van der Waals surface area contributed by atoms with Gasteiger partial charge in [0.2, 0.25) is 0 Å². The van der Waals surface area contributed by atoms with Gasteiger partial charge in [0.1, 0.15) is 0 Å². The maximum atomic E-state index is 13.3. The number of H-pyrrole nitrogens is 1. The predicted molar refractivity (Wildman–Crippen MR) is 127 cm³/mol. The third kappa shape index (κ3) is 3.99. The molecule has 3 fully saturated rings. The van der Waals surface area contributed by atoms with E-state index in [-0.39, 0.29) is 5.25 Å². The van der Waals surface area contributed by atoms with Gasteiger partial charge in [0, 0.05) is 41.0 Å². The number of aromatic amines is 1. The van der Waals surface area contributed by atoms with Gasteiger partial charge in [0.25, 0.3) is 0 Å². The Labute approximate surface area is 192 Å². The van der Waals surface area contributed by atoms with Gasteiger partial charge in [-0.3, -0.25) is 5.10 Å². The van der Waals surface area contributed by atoms with E-state index in [1.165, 1.54) is 44.9 Å². The van der Waals surface area contributed by atoms with Gasteiger partial charge in [-0.25, -0.2) is 13.4 Å². The van der Waals surface area contributed by atoms with E-state index >= 15 is 0 Å². The van der Waals surface area contributed by atoms with Crippen LogP contribution < -0.4 is 5.32 Å². The predicted octanol–water partition coefficient (Wildman–Crippen LogP) is 6.14. The van der Waals surface area contributed by atoms with E-state index in [1.807, 2.05) is 24.4 Å². The van der Waals surface area contributed by atoms with Crippen LogP contribution in [0.4, 0.5) is 11.5 Å². The van der Waals surface area contributed by atoms with Crippen molar-refractivity contribution in [3.8, 4) is 10.4 Å². The van der Waals surface area contributed by atoms with Gasteiger partial charge in [-0.1, -0.05) is 25.3 Å². The molecule has 8 heteroatoms. The third-order valence-electron chi connectivity index (χ3n) is 6.88. The summed E-state index contributed by atoms with van der Waals surface area (Å²) < 4.78 is 26.7. The van der Waals surface area contributed by atoms with Crippen LogP contribution in [-0.4, -0.2) is 28.8 Å². The van der Waals surface area contributed by atoms with Gasteiger partial charge < -0.3 is 5.32 Å². The van der Waals surface area contributed by atoms with Crippen LogP contribution in [0.25, 0.3) is 10.4 Å². The quantitative estimate of drug-likeness (QED) is 0.435. The topological polar surface area (TPSA) is 87.7 Å². The monoisotopic (exact) mass is 468 g/mol. The van der Waals surface area contributed by atoms with Crippen molar-refractivity contribution in [1.82, 2.24) is 15.2 Å². The van der Waals surface area contributed by atoms with Gasteiger partial charge in [0.15, 0.2) is 15.7 Å². The van der Waals surface area contributed by atoms with Crippen molar-refractivity contribution >= 4 is 32.7 Å². The molecule has 168 valence electrons. The summed E-state index contributed by atoms with van der Waals surface area (Å²) in [5.74, 6) is 1.84. The highest BCUT2D eigenvalue weighted by Gasteiger charge is 2.38. The SMILES string of the molecule is O=S(=O)(c1cc(Nc2cc(C3CC3)[nH]n2)ccc1-c1cnc(C2CCCCC2)s1)C1CC1. The number of rotatable bonds is 7. The Morgan fingerprint density at radius 2 is 1.78 bits per heavy atom. The molecule has 0 atom stereocenters. The first-order valence-electron chi connectivity index (χ1n) is 11.7. The molecule has 3 saturated carbocycles. The van der Waals surface area contributed by atoms with Crippen LogP contribution in [0.5, 0.6) is 0 Å². The number of hydrogen-bond donors (Lipinski definition) is 2. The maximum absolute atomic E-state index is 13.3. The van der Waals surface area contributed by atoms with Crippen molar-refractivity contribution in [2.75, 3.05) is 5.32 Å². The van der Waals surface area contributed by atoms with Crippen LogP contribution in [0.3, 0.4) is 0 Å². The lowest BCUT2D eigenvalue weighted by Gasteiger charge is -2.18. The second kappa shape index (κ2) is 7.99. The van der Waals surface area contributed by atoms with Crippen LogP contribution in [-0.2, 0) is 9.84 Å². The average molecular weight is 469 g/mol. The molecule has 0 spiro atoms. The standard InChI is InChI=1S/C24H28N4O2S2/c29-32(30,18-9-10-18)22-12-17(26-23-13-20(27-28-23)15-6-7-15)8-11-19(22)21-14-25-24(31-21)16-4-2-1-3-5-16/h8,11-16,18H,1-7,9-10H2,(H2,26,27,28). The van der Waals surface area contributed by atoms with Crippen molar-refractivity contribution in [1.29, 1.82) is 0 Å². The summed E-state index contributed by atoms with van der Waals surface area (Å²) in [6.45, 7) is 0. The number of nitrogens with one attached hydrogen (secondary N) is 2. The number of nitrogens with zero attached hydrogens (tertiary/aromatic N) is 2. The first-order valence-corrected chi connectivity index (χ1v) is 14.1. The molecule has 3 aromatic rings. The van der Waals surface area contributed by atoms with Crippen molar-refractivity contribution in [2.24, 2.45) is 0 Å². The van der Waals surface area contributed by atoms with E-state index in [0.29, 0.717) is 16.7 Å². The molecular weight excluding hydrogens is 440 g/mol. The molecule has 3 aliphatic rings. The lowest BCUT2D eigenvalue weighted by molar-refractivity contribution is 0.442. The molecule has 0 unspecified atom stereocenters. The summed E-state index contributed by atoms with van der Waals surface area (Å²) in [6, 6.07) is 7.70. The zero-order valence-corrected chi connectivity index (χ0v) is 19.6. The van der Waals surface area contributed by atoms with Crippen LogP contribution in [0.1, 0.15) is 80.3 Å². The molecule has 32 heavy (non-hydrogen) atoms. The minimum absolute atomic E-state index is 0.255. The zero-order chi connectivity index (χ0) is 21.7. The minimum Gasteiger partial charge on any atom is -0.339 e. The van der Waals surface area contributed by atoms with Crippen LogP contribution >= 0.6 is 11.3 Å². The summed E-state index contributed by atoms with van der Waals surface area (Å²) in [5.41, 5.74) is 2.68. The van der Waals surface area contributed by atoms with E-state index in [9.17, 15) is 8.42 Å². The van der Waals surface area contributed by atoms with Crippen LogP contribution in [0.2, 0.25) is 0 Å². The Hall–Kier alpha value is -2.19. The molecule has 2 aromatic heterocycles. The first-order chi connectivity index (χ1) is 15.6. The van der Waals surface area contributed by atoms with E-state index in [1.54, 1.807) is 17.4 Å². The van der Waals surface area contributed by atoms with Crippen LogP contribution in [0.15, 0.2) is 35.4 Å². The minimum atomic E-state index is -3.36. The largest absolute Gasteiger partial charge is 0.339 e. The summed E-state index contributed by atoms with van der Waals surface area (Å²) in [4.78, 5) is 6.08. The summed E-state index contributed by atoms with van der Waals surface area (Å²) in [7, 11) is -3.36. The second-order valence-corrected chi connectivity index (χ2v) is 12.7. The van der Waals surface area contributed by atoms with Gasteiger partial charge in [-0.15, -0.1) is 11.3 Å². The third-order valence-corrected chi connectivity index (χ3v) is 10.4. The number of benzene rings is 1. The maximum Gasteiger partial charge on any atom is 0.181 e. The smallest absolute Gasteiger partial charge is 0.181 e. The fraction of sp³-hybridized carbons (Fsp3) is 0.500. The van der Waals surface area contributed by atoms with Crippen molar-refractivity contribution in [3.63, 3.8) is 0 Å². The Balaban J connectivity index is 1.33. The molecule has 2 heterocycles. The number of aromatic nitrogens is 3. The van der Waals surface area contributed by atoms with Crippen molar-refractivity contribution in [3.05, 3.63) is 41.2 Å². The number of anilines is 2. The lowest BCUT2D eigenvalue weighted by Crippen LogP contribution is -2.09. The Kier molecular flexibility index (Phi) is 5.10. The highest BCUT2D eigenvalue weighted by molar-refractivity contribution is 7.92. The molecule has 3 aliphatic carbocycles. The molecule has 6 nitrogen and oxygen atoms in total. The van der Waals surface area contributed by atoms with E-state index in [4.69, 9.17) is 4.98 Å².